The molecule has 0 saturated carbocycles. The molecule has 0 aromatic rings. The molecule has 0 radical (unpaired) electrons. The lowest BCUT2D eigenvalue weighted by Crippen LogP contribution is -2.36. The van der Waals surface area contributed by atoms with E-state index in [0.29, 0.717) is 6.61 Å². The number of rotatable bonds is 4. The van der Waals surface area contributed by atoms with Gasteiger partial charge in [0.05, 0.1) is 6.10 Å². The van der Waals surface area contributed by atoms with Gasteiger partial charge in [-0.1, -0.05) is 0 Å². The Balaban J connectivity index is 1.73. The predicted molar refractivity (Wildman–Crippen MR) is 55.8 cm³/mol. The maximum atomic E-state index is 11.4. The van der Waals surface area contributed by atoms with Crippen LogP contribution in [0.15, 0.2) is 12.2 Å². The molecule has 2 heterocycles. The van der Waals surface area contributed by atoms with E-state index in [9.17, 15) is 14.4 Å². The van der Waals surface area contributed by atoms with E-state index < -0.39 is 17.8 Å². The fourth-order valence-electron chi connectivity index (χ4n) is 1.72. The molecule has 0 bridgehead atoms. The molecule has 17 heavy (non-hydrogen) atoms. The summed E-state index contributed by atoms with van der Waals surface area (Å²) in [6, 6.07) is 0. The van der Waals surface area contributed by atoms with Crippen molar-refractivity contribution in [3.63, 3.8) is 0 Å². The van der Waals surface area contributed by atoms with Crippen LogP contribution in [0, 0.1) is 0 Å². The van der Waals surface area contributed by atoms with Crippen LogP contribution in [0.5, 0.6) is 0 Å². The smallest absolute Gasteiger partial charge is 0.326 e. The molecule has 1 fully saturated rings. The van der Waals surface area contributed by atoms with Crippen molar-refractivity contribution in [3.8, 4) is 0 Å². The van der Waals surface area contributed by atoms with Gasteiger partial charge in [-0.05, 0) is 12.8 Å². The first-order valence-electron chi connectivity index (χ1n) is 5.47. The number of carbonyl (C=O) groups excluding carboxylic acids is 3. The number of hydrogen-bond acceptors (Lipinski definition) is 5. The third-order valence-electron chi connectivity index (χ3n) is 2.64. The second kappa shape index (κ2) is 5.09. The Morgan fingerprint density at radius 2 is 2.12 bits per heavy atom. The molecule has 0 spiro atoms. The van der Waals surface area contributed by atoms with Gasteiger partial charge in [0.25, 0.3) is 11.8 Å². The second-order valence-electron chi connectivity index (χ2n) is 3.91. The van der Waals surface area contributed by atoms with E-state index >= 15 is 0 Å². The molecule has 0 aliphatic carbocycles. The normalized spacial score (nSPS) is 23.5. The molecule has 2 rings (SSSR count). The van der Waals surface area contributed by atoms with Gasteiger partial charge in [-0.25, -0.2) is 0 Å². The van der Waals surface area contributed by atoms with Gasteiger partial charge in [-0.3, -0.25) is 19.3 Å². The van der Waals surface area contributed by atoms with E-state index in [1.807, 2.05) is 0 Å². The van der Waals surface area contributed by atoms with Crippen molar-refractivity contribution in [1.82, 2.24) is 4.90 Å². The van der Waals surface area contributed by atoms with Crippen LogP contribution in [0.4, 0.5) is 0 Å². The summed E-state index contributed by atoms with van der Waals surface area (Å²) < 4.78 is 10.2. The molecule has 0 N–H and O–H groups in total. The molecular formula is C11H13NO5. The summed E-state index contributed by atoms with van der Waals surface area (Å²) in [5, 5.41) is 0. The second-order valence-corrected chi connectivity index (χ2v) is 3.91. The van der Waals surface area contributed by atoms with Crippen LogP contribution in [0.1, 0.15) is 12.8 Å². The summed E-state index contributed by atoms with van der Waals surface area (Å²) in [5.41, 5.74) is 0. The fourth-order valence-corrected chi connectivity index (χ4v) is 1.72. The molecule has 0 aromatic carbocycles. The van der Waals surface area contributed by atoms with Gasteiger partial charge in [-0.2, -0.15) is 0 Å². The van der Waals surface area contributed by atoms with Gasteiger partial charge in [0.1, 0.15) is 13.2 Å². The first-order valence-corrected chi connectivity index (χ1v) is 5.47. The van der Waals surface area contributed by atoms with Crippen LogP contribution >= 0.6 is 0 Å². The maximum Gasteiger partial charge on any atom is 0.326 e. The van der Waals surface area contributed by atoms with Gasteiger partial charge in [-0.15, -0.1) is 0 Å². The quantitative estimate of drug-likeness (QED) is 0.494. The highest BCUT2D eigenvalue weighted by Crippen LogP contribution is 2.12. The lowest BCUT2D eigenvalue weighted by Gasteiger charge is -2.14. The zero-order chi connectivity index (χ0) is 12.3. The summed E-state index contributed by atoms with van der Waals surface area (Å²) in [6.45, 7) is 0.537. The van der Waals surface area contributed by atoms with Crippen LogP contribution in [-0.4, -0.2) is 48.5 Å². The summed E-state index contributed by atoms with van der Waals surface area (Å²) in [6.07, 6.45) is 4.05. The van der Waals surface area contributed by atoms with E-state index in [-0.39, 0.29) is 19.3 Å². The first-order chi connectivity index (χ1) is 8.16. The summed E-state index contributed by atoms with van der Waals surface area (Å²) in [4.78, 5) is 34.6. The third-order valence-corrected chi connectivity index (χ3v) is 2.64. The molecule has 0 aromatic heterocycles. The summed E-state index contributed by atoms with van der Waals surface area (Å²) >= 11 is 0. The molecule has 6 nitrogen and oxygen atoms in total. The Morgan fingerprint density at radius 1 is 1.41 bits per heavy atom. The Labute approximate surface area is 98.2 Å². The van der Waals surface area contributed by atoms with Crippen molar-refractivity contribution < 1.29 is 23.9 Å². The first kappa shape index (κ1) is 11.8. The number of imide groups is 1. The molecule has 92 valence electrons. The zero-order valence-electron chi connectivity index (χ0n) is 9.26. The molecule has 6 heteroatoms. The minimum absolute atomic E-state index is 0.0537. The van der Waals surface area contributed by atoms with Gasteiger partial charge in [0, 0.05) is 18.8 Å². The van der Waals surface area contributed by atoms with Crippen LogP contribution < -0.4 is 0 Å². The maximum absolute atomic E-state index is 11.4. The minimum atomic E-state index is -0.592. The predicted octanol–water partition coefficient (Wildman–Crippen LogP) is -0.366. The topological polar surface area (TPSA) is 72.9 Å². The summed E-state index contributed by atoms with van der Waals surface area (Å²) in [7, 11) is 0. The van der Waals surface area contributed by atoms with Crippen molar-refractivity contribution in [2.24, 2.45) is 0 Å². The molecule has 1 atom stereocenters. The standard InChI is InChI=1S/C11H13NO5/c13-9-3-4-10(14)12(9)6-11(15)17-7-8-2-1-5-16-8/h3-4,8H,1-2,5-7H2. The van der Waals surface area contributed by atoms with Gasteiger partial charge in [0.15, 0.2) is 0 Å². The molecule has 2 aliphatic rings. The Hall–Kier alpha value is -1.69. The van der Waals surface area contributed by atoms with Crippen molar-refractivity contribution in [3.05, 3.63) is 12.2 Å². The average Bonchev–Trinajstić information content (AvgIpc) is 2.91. The average molecular weight is 239 g/mol. The van der Waals surface area contributed by atoms with Crippen molar-refractivity contribution in [1.29, 1.82) is 0 Å². The monoisotopic (exact) mass is 239 g/mol. The number of ether oxygens (including phenoxy) is 2. The van der Waals surface area contributed by atoms with Gasteiger partial charge in [0.2, 0.25) is 0 Å². The Kier molecular flexibility index (Phi) is 3.53. The number of amides is 2. The molecule has 1 unspecified atom stereocenters. The van der Waals surface area contributed by atoms with E-state index in [0.717, 1.165) is 29.9 Å². The Morgan fingerprint density at radius 3 is 2.71 bits per heavy atom. The highest BCUT2D eigenvalue weighted by Gasteiger charge is 2.26. The van der Waals surface area contributed by atoms with Gasteiger partial charge >= 0.3 is 5.97 Å². The van der Waals surface area contributed by atoms with E-state index in [1.54, 1.807) is 0 Å². The largest absolute Gasteiger partial charge is 0.462 e. The minimum Gasteiger partial charge on any atom is -0.462 e. The third kappa shape index (κ3) is 2.91. The number of esters is 1. The highest BCUT2D eigenvalue weighted by atomic mass is 16.6. The zero-order valence-corrected chi connectivity index (χ0v) is 9.26. The van der Waals surface area contributed by atoms with Crippen molar-refractivity contribution in [2.75, 3.05) is 19.8 Å². The molecule has 2 amide bonds. The number of nitrogens with zero attached hydrogens (tertiary/aromatic N) is 1. The Bertz CT molecular complexity index is 352. The van der Waals surface area contributed by atoms with Crippen LogP contribution in [0.2, 0.25) is 0 Å². The van der Waals surface area contributed by atoms with Gasteiger partial charge < -0.3 is 9.47 Å². The molecular weight excluding hydrogens is 226 g/mol. The molecule has 2 aliphatic heterocycles. The fraction of sp³-hybridized carbons (Fsp3) is 0.545. The van der Waals surface area contributed by atoms with Crippen molar-refractivity contribution in [2.45, 2.75) is 18.9 Å². The molecule has 1 saturated heterocycles. The lowest BCUT2D eigenvalue weighted by atomic mass is 10.2. The van der Waals surface area contributed by atoms with E-state index in [1.165, 1.54) is 0 Å². The van der Waals surface area contributed by atoms with Crippen LogP contribution in [0.25, 0.3) is 0 Å². The summed E-state index contributed by atoms with van der Waals surface area (Å²) in [5.74, 6) is -1.56. The number of carbonyl (C=O) groups is 3. The van der Waals surface area contributed by atoms with Crippen LogP contribution in [-0.2, 0) is 23.9 Å². The SMILES string of the molecule is O=C(CN1C(=O)C=CC1=O)OCC1CCCO1. The number of hydrogen-bond donors (Lipinski definition) is 0. The van der Waals surface area contributed by atoms with E-state index in [4.69, 9.17) is 9.47 Å². The van der Waals surface area contributed by atoms with E-state index in [2.05, 4.69) is 0 Å². The highest BCUT2D eigenvalue weighted by molar-refractivity contribution is 6.14. The lowest BCUT2D eigenvalue weighted by molar-refractivity contribution is -0.153. The van der Waals surface area contributed by atoms with Crippen LogP contribution in [0.3, 0.4) is 0 Å². The van der Waals surface area contributed by atoms with Crippen molar-refractivity contribution >= 4 is 17.8 Å².